The van der Waals surface area contributed by atoms with Crippen LogP contribution in [0.5, 0.6) is 0 Å². The van der Waals surface area contributed by atoms with E-state index in [9.17, 15) is 0 Å². The summed E-state index contributed by atoms with van der Waals surface area (Å²) in [6, 6.07) is 0. The third-order valence-corrected chi connectivity index (χ3v) is 10.5. The summed E-state index contributed by atoms with van der Waals surface area (Å²) in [5.41, 5.74) is 0. The van der Waals surface area contributed by atoms with Gasteiger partial charge in [-0.25, -0.2) is 0 Å². The van der Waals surface area contributed by atoms with Crippen LogP contribution in [0.2, 0.25) is 0 Å². The van der Waals surface area contributed by atoms with E-state index in [4.69, 9.17) is 4.74 Å². The summed E-state index contributed by atoms with van der Waals surface area (Å²) in [7, 11) is 0. The maximum atomic E-state index is 6.03. The Kier molecular flexibility index (Phi) is 9.11. The molecule has 2 aliphatic carbocycles. The van der Waals surface area contributed by atoms with E-state index in [-0.39, 0.29) is 0 Å². The lowest BCUT2D eigenvalue weighted by molar-refractivity contribution is -0.726. The van der Waals surface area contributed by atoms with Crippen LogP contribution in [-0.2, 0) is 4.74 Å². The number of hydrogen-bond acceptors (Lipinski definition) is 1. The Bertz CT molecular complexity index is 277. The van der Waals surface area contributed by atoms with Gasteiger partial charge in [-0.3, -0.25) is 0 Å². The third kappa shape index (κ3) is 6.30. The Morgan fingerprint density at radius 1 is 0.909 bits per heavy atom. The molecule has 2 heteroatoms. The molecule has 1 unspecified atom stereocenters. The van der Waals surface area contributed by atoms with Crippen molar-refractivity contribution in [2.24, 2.45) is 11.8 Å². The van der Waals surface area contributed by atoms with Crippen LogP contribution >= 0.6 is 0 Å². The Morgan fingerprint density at radius 2 is 1.50 bits per heavy atom. The lowest BCUT2D eigenvalue weighted by Gasteiger charge is -2.29. The summed E-state index contributed by atoms with van der Waals surface area (Å²) in [6.07, 6.45) is 16.4. The molecule has 22 heavy (non-hydrogen) atoms. The maximum Gasteiger partial charge on any atom is 0.275 e. The van der Waals surface area contributed by atoms with Crippen molar-refractivity contribution < 1.29 is 25.9 Å². The molecule has 0 amide bonds. The second-order valence-electron chi connectivity index (χ2n) is 7.62. The van der Waals surface area contributed by atoms with Gasteiger partial charge in [-0.05, 0) is 69.6 Å². The second-order valence-corrected chi connectivity index (χ2v) is 11.9. The van der Waals surface area contributed by atoms with Crippen LogP contribution in [0.15, 0.2) is 0 Å². The van der Waals surface area contributed by atoms with Gasteiger partial charge in [0.1, 0.15) is 0 Å². The molecule has 0 aromatic rings. The number of alkyl halides is 2. The number of rotatable bonds is 8. The van der Waals surface area contributed by atoms with Gasteiger partial charge in [0.2, 0.25) is 0 Å². The van der Waals surface area contributed by atoms with E-state index in [1.54, 1.807) is 12.8 Å². The summed E-state index contributed by atoms with van der Waals surface area (Å²) in [5.74, 6) is 2.02. The van der Waals surface area contributed by atoms with Gasteiger partial charge in [0.05, 0.1) is 6.10 Å². The van der Waals surface area contributed by atoms with Gasteiger partial charge in [-0.2, -0.15) is 0 Å². The van der Waals surface area contributed by atoms with Crippen molar-refractivity contribution in [2.75, 3.05) is 6.61 Å². The summed E-state index contributed by atoms with van der Waals surface area (Å²) >= 11 is 0.447. The Labute approximate surface area is 149 Å². The van der Waals surface area contributed by atoms with Crippen LogP contribution in [0.25, 0.3) is 0 Å². The minimum Gasteiger partial charge on any atom is -0.378 e. The van der Waals surface area contributed by atoms with Gasteiger partial charge in [-0.15, -0.1) is 0 Å². The zero-order valence-corrected chi connectivity index (χ0v) is 17.3. The van der Waals surface area contributed by atoms with Crippen LogP contribution in [0.3, 0.4) is 0 Å². The van der Waals surface area contributed by atoms with Gasteiger partial charge in [0.25, 0.3) is 21.2 Å². The summed E-state index contributed by atoms with van der Waals surface area (Å²) in [5, 5.41) is 0. The maximum absolute atomic E-state index is 6.03. The fourth-order valence-corrected chi connectivity index (χ4v) is 8.38. The summed E-state index contributed by atoms with van der Waals surface area (Å²) in [4.78, 5) is 0. The van der Waals surface area contributed by atoms with Crippen molar-refractivity contribution in [3.63, 3.8) is 0 Å². The highest BCUT2D eigenvalue weighted by atomic mass is 127. The first-order valence-electron chi connectivity index (χ1n) is 9.96. The predicted molar refractivity (Wildman–Crippen MR) is 92.1 cm³/mol. The quantitative estimate of drug-likeness (QED) is 0.333. The molecule has 0 radical (unpaired) electrons. The Morgan fingerprint density at radius 3 is 2.05 bits per heavy atom. The average Bonchev–Trinajstić information content (AvgIpc) is 2.57. The topological polar surface area (TPSA) is 9.23 Å². The summed E-state index contributed by atoms with van der Waals surface area (Å²) in [6.45, 7) is 8.09. The Balaban J connectivity index is 1.59. The zero-order valence-electron chi connectivity index (χ0n) is 15.2. The zero-order chi connectivity index (χ0) is 15.8. The minimum atomic E-state index is 0.447. The molecule has 0 aromatic heterocycles. The number of ether oxygens (including phenoxy) is 1. The van der Waals surface area contributed by atoms with Crippen LogP contribution in [-0.4, -0.2) is 20.6 Å². The fraction of sp³-hybridized carbons (Fsp3) is 1.00. The van der Waals surface area contributed by atoms with E-state index in [2.05, 4.69) is 20.8 Å². The molecule has 0 spiro atoms. The van der Waals surface area contributed by atoms with Gasteiger partial charge < -0.3 is 4.74 Å². The first-order valence-corrected chi connectivity index (χ1v) is 12.5. The van der Waals surface area contributed by atoms with E-state index in [1.165, 1.54) is 57.8 Å². The highest BCUT2D eigenvalue weighted by molar-refractivity contribution is 4.76. The molecular formula is C20H38IO+. The highest BCUT2D eigenvalue weighted by Crippen LogP contribution is 2.30. The highest BCUT2D eigenvalue weighted by Gasteiger charge is 2.38. The van der Waals surface area contributed by atoms with Gasteiger partial charge in [-0.1, -0.05) is 33.6 Å². The molecule has 0 saturated heterocycles. The summed E-state index contributed by atoms with van der Waals surface area (Å²) < 4.78 is 8.30. The molecule has 2 saturated carbocycles. The molecule has 130 valence electrons. The van der Waals surface area contributed by atoms with Gasteiger partial charge in [0.15, 0.2) is 7.85 Å². The molecule has 1 atom stereocenters. The number of halogens is 1. The van der Waals surface area contributed by atoms with Crippen LogP contribution in [0.4, 0.5) is 0 Å². The molecule has 0 N–H and O–H groups in total. The first-order chi connectivity index (χ1) is 10.7. The largest absolute Gasteiger partial charge is 0.378 e. The van der Waals surface area contributed by atoms with Crippen LogP contribution in [0.1, 0.15) is 91.4 Å². The second kappa shape index (κ2) is 10.5. The average molecular weight is 421 g/mol. The lowest BCUT2D eigenvalue weighted by Crippen LogP contribution is -3.68. The first kappa shape index (κ1) is 19.0. The van der Waals surface area contributed by atoms with E-state index < -0.39 is 0 Å². The van der Waals surface area contributed by atoms with Crippen LogP contribution < -0.4 is 21.2 Å². The molecule has 0 aromatic carbocycles. The number of unbranched alkanes of at least 4 members (excludes halogenated alkanes) is 1. The van der Waals surface area contributed by atoms with Crippen molar-refractivity contribution in [1.82, 2.24) is 0 Å². The normalized spacial score (nSPS) is 34.5. The molecule has 2 rings (SSSR count). The van der Waals surface area contributed by atoms with E-state index in [0.717, 1.165) is 26.3 Å². The van der Waals surface area contributed by atoms with E-state index in [0.29, 0.717) is 27.3 Å². The van der Waals surface area contributed by atoms with Crippen molar-refractivity contribution in [2.45, 2.75) is 105 Å². The van der Waals surface area contributed by atoms with E-state index in [1.807, 2.05) is 0 Å². The molecule has 1 nitrogen and oxygen atoms in total. The molecule has 0 bridgehead atoms. The molecule has 0 heterocycles. The van der Waals surface area contributed by atoms with Gasteiger partial charge in [0, 0.05) is 6.61 Å². The van der Waals surface area contributed by atoms with Crippen LogP contribution in [0, 0.1) is 11.8 Å². The van der Waals surface area contributed by atoms with Crippen molar-refractivity contribution in [3.8, 4) is 0 Å². The monoisotopic (exact) mass is 421 g/mol. The SMILES string of the molecule is CCCCOC1CCC([I+]C2CCC(C(C)CC)CC2)CC1. The van der Waals surface area contributed by atoms with E-state index >= 15 is 0 Å². The lowest BCUT2D eigenvalue weighted by atomic mass is 9.80. The molecular weight excluding hydrogens is 383 g/mol. The molecule has 0 aliphatic heterocycles. The van der Waals surface area contributed by atoms with Crippen molar-refractivity contribution in [3.05, 3.63) is 0 Å². The van der Waals surface area contributed by atoms with Crippen molar-refractivity contribution >= 4 is 0 Å². The van der Waals surface area contributed by atoms with Gasteiger partial charge >= 0.3 is 0 Å². The molecule has 2 fully saturated rings. The molecule has 2 aliphatic rings. The standard InChI is InChI=1S/C20H38IO/c1-4-6-15-22-20-13-11-19(12-14-20)21-18-9-7-17(8-10-18)16(3)5-2/h16-20H,4-15H2,1-3H3/q+1. The smallest absolute Gasteiger partial charge is 0.275 e. The third-order valence-electron chi connectivity index (χ3n) is 5.96. The fourth-order valence-electron chi connectivity index (χ4n) is 4.07. The predicted octanol–water partition coefficient (Wildman–Crippen LogP) is 2.81. The van der Waals surface area contributed by atoms with Crippen molar-refractivity contribution in [1.29, 1.82) is 0 Å². The minimum absolute atomic E-state index is 0.447. The number of hydrogen-bond donors (Lipinski definition) is 0. The Hall–Kier alpha value is 0.690.